The molecule has 1 rings (SSSR count). The van der Waals surface area contributed by atoms with Crippen molar-refractivity contribution in [3.05, 3.63) is 0 Å². The molecule has 12 N–H and O–H groups in total. The molecular formula is C34H61N9O10S. The topological polar surface area (TPSA) is 304 Å². The third-order valence-electron chi connectivity index (χ3n) is 8.69. The molecule has 1 aliphatic heterocycles. The SMILES string of the molecule is CSCC[C@H](N)C(=O)N[C@@H](CCCCN)C(=O)N[C@@H](C)C(=O)N[C@@H](CC(C)C)C(=O)N[C@H](C(=O)N1CCC[C@H]1C(=O)N[C@@H](C)C(=O)NCC(=O)O)[C@@H](C)O. The van der Waals surface area contributed by atoms with E-state index in [1.165, 1.54) is 37.4 Å². The number of nitrogens with zero attached hydrogens (tertiary/aromatic N) is 1. The number of thioether (sulfide) groups is 1. The lowest BCUT2D eigenvalue weighted by atomic mass is 10.0. The minimum atomic E-state index is -1.51. The number of unbranched alkanes of at least 4 members (excludes halogenated alkanes) is 1. The average molecular weight is 788 g/mol. The first kappa shape index (κ1) is 48.0. The Hall–Kier alpha value is -4.01. The number of aliphatic hydroxyl groups is 1. The van der Waals surface area contributed by atoms with Gasteiger partial charge in [0.2, 0.25) is 41.4 Å². The number of carbonyl (C=O) groups is 8. The van der Waals surface area contributed by atoms with Crippen LogP contribution in [0, 0.1) is 5.92 Å². The van der Waals surface area contributed by atoms with E-state index >= 15 is 0 Å². The molecule has 0 aliphatic carbocycles. The van der Waals surface area contributed by atoms with E-state index in [2.05, 4.69) is 31.9 Å². The average Bonchev–Trinajstić information content (AvgIpc) is 3.60. The molecule has 1 fully saturated rings. The van der Waals surface area contributed by atoms with Crippen LogP contribution in [0.5, 0.6) is 0 Å². The van der Waals surface area contributed by atoms with E-state index in [1.54, 1.807) is 0 Å². The third kappa shape index (κ3) is 16.6. The summed E-state index contributed by atoms with van der Waals surface area (Å²) in [7, 11) is 0. The highest BCUT2D eigenvalue weighted by Crippen LogP contribution is 2.20. The van der Waals surface area contributed by atoms with Gasteiger partial charge in [-0.15, -0.1) is 0 Å². The van der Waals surface area contributed by atoms with Crippen molar-refractivity contribution in [1.82, 2.24) is 36.8 Å². The minimum Gasteiger partial charge on any atom is -0.480 e. The molecule has 308 valence electrons. The predicted molar refractivity (Wildman–Crippen MR) is 201 cm³/mol. The Morgan fingerprint density at radius 3 is 1.98 bits per heavy atom. The quantitative estimate of drug-likeness (QED) is 0.0446. The number of carboxylic acid groups (broad SMARTS) is 1. The normalized spacial score (nSPS) is 17.9. The van der Waals surface area contributed by atoms with Crippen molar-refractivity contribution in [2.24, 2.45) is 17.4 Å². The number of likely N-dealkylation sites (tertiary alicyclic amines) is 1. The van der Waals surface area contributed by atoms with Gasteiger partial charge in [0.05, 0.1) is 12.1 Å². The summed E-state index contributed by atoms with van der Waals surface area (Å²) in [4.78, 5) is 104. The van der Waals surface area contributed by atoms with Gasteiger partial charge in [0.1, 0.15) is 42.8 Å². The van der Waals surface area contributed by atoms with Crippen LogP contribution in [0.1, 0.15) is 79.6 Å². The summed E-state index contributed by atoms with van der Waals surface area (Å²) in [6, 6.07) is -7.79. The van der Waals surface area contributed by atoms with E-state index in [4.69, 9.17) is 16.6 Å². The Morgan fingerprint density at radius 1 is 0.796 bits per heavy atom. The minimum absolute atomic E-state index is 0.120. The number of nitrogens with one attached hydrogen (secondary N) is 6. The molecule has 19 nitrogen and oxygen atoms in total. The van der Waals surface area contributed by atoms with Crippen LogP contribution in [0.4, 0.5) is 0 Å². The van der Waals surface area contributed by atoms with E-state index in [9.17, 15) is 43.5 Å². The Balaban J connectivity index is 3.04. The highest BCUT2D eigenvalue weighted by Gasteiger charge is 2.41. The maximum absolute atomic E-state index is 13.7. The third-order valence-corrected chi connectivity index (χ3v) is 9.34. The van der Waals surface area contributed by atoms with Crippen molar-refractivity contribution < 1.29 is 48.6 Å². The van der Waals surface area contributed by atoms with Crippen LogP contribution >= 0.6 is 11.8 Å². The fraction of sp³-hybridized carbons (Fsp3) is 0.765. The van der Waals surface area contributed by atoms with Crippen LogP contribution in [0.25, 0.3) is 0 Å². The van der Waals surface area contributed by atoms with Crippen LogP contribution in [0.2, 0.25) is 0 Å². The maximum Gasteiger partial charge on any atom is 0.322 e. The molecule has 7 amide bonds. The summed E-state index contributed by atoms with van der Waals surface area (Å²) < 4.78 is 0. The summed E-state index contributed by atoms with van der Waals surface area (Å²) in [6.07, 6.45) is 3.05. The highest BCUT2D eigenvalue weighted by atomic mass is 32.2. The van der Waals surface area contributed by atoms with Gasteiger partial charge >= 0.3 is 5.97 Å². The molecule has 1 heterocycles. The van der Waals surface area contributed by atoms with Crippen molar-refractivity contribution >= 4 is 59.1 Å². The molecule has 0 aromatic carbocycles. The number of aliphatic carboxylic acids is 1. The Morgan fingerprint density at radius 2 is 1.41 bits per heavy atom. The van der Waals surface area contributed by atoms with Gasteiger partial charge in [-0.1, -0.05) is 13.8 Å². The smallest absolute Gasteiger partial charge is 0.322 e. The van der Waals surface area contributed by atoms with Crippen LogP contribution in [-0.4, -0.2) is 142 Å². The van der Waals surface area contributed by atoms with Crippen LogP contribution in [0.3, 0.4) is 0 Å². The Labute approximate surface area is 321 Å². The zero-order valence-electron chi connectivity index (χ0n) is 32.1. The summed E-state index contributed by atoms with van der Waals surface area (Å²) in [5.74, 6) is -5.52. The number of nitrogens with two attached hydrogens (primary N) is 2. The first-order valence-electron chi connectivity index (χ1n) is 18.3. The van der Waals surface area contributed by atoms with E-state index in [-0.39, 0.29) is 31.7 Å². The zero-order valence-corrected chi connectivity index (χ0v) is 33.0. The fourth-order valence-electron chi connectivity index (χ4n) is 5.61. The van der Waals surface area contributed by atoms with Gasteiger partial charge in [-0.25, -0.2) is 0 Å². The standard InChI is InChI=1S/C34H61N9O10S/c1-18(2)16-24(41-29(48)20(4)38-31(50)23(10-7-8-13-35)40-30(49)22(36)12-15-54-6)32(51)42-27(21(5)44)34(53)43-14-9-11-25(43)33(52)39-19(3)28(47)37-17-26(45)46/h18-25,27,44H,7-17,35-36H2,1-6H3,(H,37,47)(H,38,50)(H,39,52)(H,40,49)(H,41,48)(H,42,51)(H,45,46)/t19-,20-,21+,22-,23-,24-,25-,27-/m0/s1. The second kappa shape index (κ2) is 24.4. The number of hydrogen-bond donors (Lipinski definition) is 10. The first-order chi connectivity index (χ1) is 25.3. The van der Waals surface area contributed by atoms with Crippen molar-refractivity contribution in [2.45, 2.75) is 128 Å². The van der Waals surface area contributed by atoms with E-state index in [1.807, 2.05) is 20.1 Å². The molecule has 0 bridgehead atoms. The molecule has 0 unspecified atom stereocenters. The van der Waals surface area contributed by atoms with E-state index in [0.717, 1.165) is 0 Å². The molecular weight excluding hydrogens is 726 g/mol. The number of carbonyl (C=O) groups excluding carboxylic acids is 7. The lowest BCUT2D eigenvalue weighted by Gasteiger charge is -2.31. The summed E-state index contributed by atoms with van der Waals surface area (Å²) in [5, 5.41) is 34.4. The molecule has 20 heteroatoms. The second-order valence-corrected chi connectivity index (χ2v) is 14.9. The van der Waals surface area contributed by atoms with Gasteiger partial charge in [0.25, 0.3) is 0 Å². The van der Waals surface area contributed by atoms with Crippen LogP contribution in [0.15, 0.2) is 0 Å². The molecule has 1 aliphatic rings. The Kier molecular flexibility index (Phi) is 21.7. The molecule has 0 radical (unpaired) electrons. The lowest BCUT2D eigenvalue weighted by molar-refractivity contribution is -0.144. The summed E-state index contributed by atoms with van der Waals surface area (Å²) in [6.45, 7) is 7.55. The van der Waals surface area contributed by atoms with Gasteiger partial charge in [-0.2, -0.15) is 11.8 Å². The first-order valence-corrected chi connectivity index (χ1v) is 19.7. The number of rotatable bonds is 24. The number of amides is 7. The van der Waals surface area contributed by atoms with E-state index < -0.39 is 102 Å². The number of aliphatic hydroxyl groups excluding tert-OH is 1. The summed E-state index contributed by atoms with van der Waals surface area (Å²) >= 11 is 1.53. The monoisotopic (exact) mass is 787 g/mol. The second-order valence-electron chi connectivity index (χ2n) is 13.9. The van der Waals surface area contributed by atoms with Gasteiger partial charge in [-0.05, 0) is 90.2 Å². The number of hydrogen-bond acceptors (Lipinski definition) is 12. The van der Waals surface area contributed by atoms with Gasteiger partial charge in [0.15, 0.2) is 0 Å². The molecule has 0 spiro atoms. The molecule has 0 aromatic heterocycles. The van der Waals surface area contributed by atoms with Gasteiger partial charge < -0.3 is 58.5 Å². The molecule has 1 saturated heterocycles. The van der Waals surface area contributed by atoms with Crippen LogP contribution < -0.4 is 43.4 Å². The van der Waals surface area contributed by atoms with Crippen molar-refractivity contribution in [3.63, 3.8) is 0 Å². The Bertz CT molecular complexity index is 1300. The van der Waals surface area contributed by atoms with E-state index in [0.29, 0.717) is 38.0 Å². The van der Waals surface area contributed by atoms with Crippen molar-refractivity contribution in [1.29, 1.82) is 0 Å². The van der Waals surface area contributed by atoms with Gasteiger partial charge in [0, 0.05) is 6.54 Å². The molecule has 54 heavy (non-hydrogen) atoms. The molecule has 0 saturated carbocycles. The summed E-state index contributed by atoms with van der Waals surface area (Å²) in [5.41, 5.74) is 11.6. The fourth-order valence-corrected chi connectivity index (χ4v) is 6.10. The molecule has 8 atom stereocenters. The highest BCUT2D eigenvalue weighted by molar-refractivity contribution is 7.98. The van der Waals surface area contributed by atoms with Gasteiger partial charge in [-0.3, -0.25) is 38.4 Å². The van der Waals surface area contributed by atoms with Crippen LogP contribution in [-0.2, 0) is 38.4 Å². The lowest BCUT2D eigenvalue weighted by Crippen LogP contribution is -2.61. The van der Waals surface area contributed by atoms with Crippen molar-refractivity contribution in [3.8, 4) is 0 Å². The number of carboxylic acids is 1. The predicted octanol–water partition coefficient (Wildman–Crippen LogP) is -2.72. The maximum atomic E-state index is 13.7. The van der Waals surface area contributed by atoms with Crippen molar-refractivity contribution in [2.75, 3.05) is 31.6 Å². The zero-order chi connectivity index (χ0) is 41.1. The largest absolute Gasteiger partial charge is 0.480 e. The molecule has 0 aromatic rings.